The summed E-state index contributed by atoms with van der Waals surface area (Å²) in [4.78, 5) is 15.6. The highest BCUT2D eigenvalue weighted by Crippen LogP contribution is 2.59. The molecule has 4 aliphatic carbocycles. The van der Waals surface area contributed by atoms with Gasteiger partial charge < -0.3 is 9.67 Å². The molecule has 0 spiro atoms. The van der Waals surface area contributed by atoms with E-state index in [0.717, 1.165) is 29.5 Å². The first kappa shape index (κ1) is 11.5. The van der Waals surface area contributed by atoms with Crippen LogP contribution in [0.25, 0.3) is 0 Å². The lowest BCUT2D eigenvalue weighted by Gasteiger charge is -2.54. The maximum atomic E-state index is 11.2. The number of nitrogens with zero attached hydrogens (tertiary/aromatic N) is 2. The van der Waals surface area contributed by atoms with Gasteiger partial charge in [-0.15, -0.1) is 0 Å². The third-order valence-electron chi connectivity index (χ3n) is 5.77. The third-order valence-corrected chi connectivity index (χ3v) is 5.77. The normalized spacial score (nSPS) is 39.7. The Morgan fingerprint density at radius 3 is 2.26 bits per heavy atom. The average Bonchev–Trinajstić information content (AvgIpc) is 2.70. The van der Waals surface area contributed by atoms with Crippen molar-refractivity contribution >= 4 is 5.97 Å². The Bertz CT molecular complexity index is 506. The maximum absolute atomic E-state index is 11.2. The highest BCUT2D eigenvalue weighted by Gasteiger charge is 2.49. The van der Waals surface area contributed by atoms with Gasteiger partial charge in [0.2, 0.25) is 0 Å². The average molecular weight is 260 g/mol. The minimum absolute atomic E-state index is 0.323. The molecule has 0 unspecified atom stereocenters. The Labute approximate surface area is 112 Å². The lowest BCUT2D eigenvalue weighted by atomic mass is 9.51. The summed E-state index contributed by atoms with van der Waals surface area (Å²) in [7, 11) is 1.86. The lowest BCUT2D eigenvalue weighted by molar-refractivity contribution is -0.00657. The van der Waals surface area contributed by atoms with Gasteiger partial charge >= 0.3 is 5.97 Å². The highest BCUT2D eigenvalue weighted by atomic mass is 16.4. The van der Waals surface area contributed by atoms with Crippen molar-refractivity contribution in [2.75, 3.05) is 0 Å². The molecule has 5 rings (SSSR count). The molecule has 4 bridgehead atoms. The van der Waals surface area contributed by atoms with Crippen LogP contribution in [0.3, 0.4) is 0 Å². The van der Waals surface area contributed by atoms with E-state index in [0.29, 0.717) is 11.6 Å². The smallest absolute Gasteiger partial charge is 0.354 e. The van der Waals surface area contributed by atoms with E-state index in [4.69, 9.17) is 5.11 Å². The molecule has 4 aliphatic rings. The quantitative estimate of drug-likeness (QED) is 0.889. The van der Waals surface area contributed by atoms with Gasteiger partial charge in [0.1, 0.15) is 11.5 Å². The predicted octanol–water partition coefficient (Wildman–Crippen LogP) is 2.66. The fraction of sp³-hybridized carbons (Fsp3) is 0.733. The van der Waals surface area contributed by atoms with E-state index >= 15 is 0 Å². The van der Waals surface area contributed by atoms with Gasteiger partial charge in [-0.3, -0.25) is 0 Å². The molecule has 4 saturated carbocycles. The van der Waals surface area contributed by atoms with Crippen LogP contribution >= 0.6 is 0 Å². The molecule has 4 heteroatoms. The minimum Gasteiger partial charge on any atom is -0.477 e. The second kappa shape index (κ2) is 3.84. The molecule has 102 valence electrons. The first-order valence-electron chi connectivity index (χ1n) is 7.38. The second-order valence-corrected chi connectivity index (χ2v) is 6.82. The number of aromatic nitrogens is 2. The molecule has 0 aliphatic heterocycles. The Kier molecular flexibility index (Phi) is 2.32. The molecule has 1 aromatic heterocycles. The van der Waals surface area contributed by atoms with Crippen molar-refractivity contribution in [3.63, 3.8) is 0 Å². The van der Waals surface area contributed by atoms with Gasteiger partial charge in [0.05, 0.1) is 6.20 Å². The number of aromatic carboxylic acids is 1. The van der Waals surface area contributed by atoms with Crippen molar-refractivity contribution in [2.24, 2.45) is 30.7 Å². The highest BCUT2D eigenvalue weighted by molar-refractivity contribution is 5.85. The van der Waals surface area contributed by atoms with Crippen LogP contribution in [0, 0.1) is 23.7 Å². The molecule has 0 saturated heterocycles. The van der Waals surface area contributed by atoms with Crippen LogP contribution in [0.15, 0.2) is 6.20 Å². The summed E-state index contributed by atoms with van der Waals surface area (Å²) in [5, 5.41) is 9.17. The molecule has 19 heavy (non-hydrogen) atoms. The van der Waals surface area contributed by atoms with Crippen molar-refractivity contribution in [1.82, 2.24) is 9.55 Å². The van der Waals surface area contributed by atoms with Crippen LogP contribution in [0.1, 0.15) is 54.3 Å². The van der Waals surface area contributed by atoms with Gasteiger partial charge in [-0.1, -0.05) is 0 Å². The van der Waals surface area contributed by atoms with Crippen molar-refractivity contribution in [1.29, 1.82) is 0 Å². The van der Waals surface area contributed by atoms with Crippen LogP contribution in [-0.2, 0) is 7.05 Å². The number of rotatable bonds is 2. The Hall–Kier alpha value is -1.32. The SMILES string of the molecule is Cn1c(C(=O)O)cnc1C1C2CC3CC(C2)CC1C3. The molecule has 4 nitrogen and oxygen atoms in total. The van der Waals surface area contributed by atoms with Crippen molar-refractivity contribution in [2.45, 2.75) is 38.0 Å². The van der Waals surface area contributed by atoms with E-state index in [9.17, 15) is 4.79 Å². The summed E-state index contributed by atoms with van der Waals surface area (Å²) in [5.74, 6) is 4.04. The van der Waals surface area contributed by atoms with Crippen LogP contribution in [-0.4, -0.2) is 20.6 Å². The molecular formula is C15H20N2O2. The van der Waals surface area contributed by atoms with Crippen molar-refractivity contribution in [3.8, 4) is 0 Å². The van der Waals surface area contributed by atoms with Gasteiger partial charge in [-0.25, -0.2) is 9.78 Å². The fourth-order valence-corrected chi connectivity index (χ4v) is 5.28. The monoisotopic (exact) mass is 260 g/mol. The van der Waals surface area contributed by atoms with Gasteiger partial charge in [-0.2, -0.15) is 0 Å². The van der Waals surface area contributed by atoms with E-state index in [2.05, 4.69) is 4.98 Å². The van der Waals surface area contributed by atoms with Crippen LogP contribution in [0.2, 0.25) is 0 Å². The van der Waals surface area contributed by atoms with Crippen molar-refractivity contribution in [3.05, 3.63) is 17.7 Å². The number of imidazole rings is 1. The van der Waals surface area contributed by atoms with Gasteiger partial charge in [0.15, 0.2) is 0 Å². The minimum atomic E-state index is -0.870. The van der Waals surface area contributed by atoms with Crippen molar-refractivity contribution < 1.29 is 9.90 Å². The lowest BCUT2D eigenvalue weighted by Crippen LogP contribution is -2.44. The maximum Gasteiger partial charge on any atom is 0.354 e. The van der Waals surface area contributed by atoms with Crippen LogP contribution in [0.5, 0.6) is 0 Å². The zero-order valence-corrected chi connectivity index (χ0v) is 11.2. The molecule has 1 heterocycles. The van der Waals surface area contributed by atoms with Gasteiger partial charge in [0, 0.05) is 13.0 Å². The fourth-order valence-electron chi connectivity index (χ4n) is 5.28. The van der Waals surface area contributed by atoms with E-state index < -0.39 is 5.97 Å². The summed E-state index contributed by atoms with van der Waals surface area (Å²) in [6.45, 7) is 0. The summed E-state index contributed by atoms with van der Waals surface area (Å²) in [5.41, 5.74) is 0.323. The summed E-state index contributed by atoms with van der Waals surface area (Å²) in [6.07, 6.45) is 8.34. The number of hydrogen-bond donors (Lipinski definition) is 1. The van der Waals surface area contributed by atoms with Crippen LogP contribution in [0.4, 0.5) is 0 Å². The van der Waals surface area contributed by atoms with E-state index in [-0.39, 0.29) is 0 Å². The van der Waals surface area contributed by atoms with Gasteiger partial charge in [-0.05, 0) is 55.8 Å². The Balaban J connectivity index is 1.71. The zero-order chi connectivity index (χ0) is 13.1. The Morgan fingerprint density at radius 1 is 1.21 bits per heavy atom. The number of carboxylic acid groups (broad SMARTS) is 1. The first-order valence-corrected chi connectivity index (χ1v) is 7.38. The second-order valence-electron chi connectivity index (χ2n) is 6.82. The largest absolute Gasteiger partial charge is 0.477 e. The topological polar surface area (TPSA) is 55.1 Å². The molecule has 0 atom stereocenters. The Morgan fingerprint density at radius 2 is 1.79 bits per heavy atom. The number of carbonyl (C=O) groups is 1. The molecule has 4 fully saturated rings. The summed E-state index contributed by atoms with van der Waals surface area (Å²) in [6, 6.07) is 0. The summed E-state index contributed by atoms with van der Waals surface area (Å²) >= 11 is 0. The third kappa shape index (κ3) is 1.58. The van der Waals surface area contributed by atoms with E-state index in [1.165, 1.54) is 38.3 Å². The summed E-state index contributed by atoms with van der Waals surface area (Å²) < 4.78 is 1.81. The van der Waals surface area contributed by atoms with Gasteiger partial charge in [0.25, 0.3) is 0 Å². The zero-order valence-electron chi connectivity index (χ0n) is 11.2. The standard InChI is InChI=1S/C15H20N2O2/c1-17-12(15(18)19)7-16-14(17)13-10-3-8-2-9(5-10)6-11(13)4-8/h7-11,13H,2-6H2,1H3,(H,18,19). The number of hydrogen-bond acceptors (Lipinski definition) is 2. The van der Waals surface area contributed by atoms with E-state index in [1.54, 1.807) is 0 Å². The molecule has 1 aromatic rings. The molecule has 0 aromatic carbocycles. The predicted molar refractivity (Wildman–Crippen MR) is 70.0 cm³/mol. The van der Waals surface area contributed by atoms with Crippen LogP contribution < -0.4 is 0 Å². The molecule has 0 radical (unpaired) electrons. The molecular weight excluding hydrogens is 240 g/mol. The molecule has 1 N–H and O–H groups in total. The number of carboxylic acids is 1. The van der Waals surface area contributed by atoms with E-state index in [1.807, 2.05) is 11.6 Å². The molecule has 0 amide bonds. The first-order chi connectivity index (χ1) is 9.13.